The predicted molar refractivity (Wildman–Crippen MR) is 83.5 cm³/mol. The zero-order chi connectivity index (χ0) is 15.6. The maximum Gasteiger partial charge on any atom is 0.240 e. The Labute approximate surface area is 131 Å². The van der Waals surface area contributed by atoms with Crippen molar-refractivity contribution < 1.29 is 16.8 Å². The van der Waals surface area contributed by atoms with E-state index in [9.17, 15) is 16.8 Å². The number of hydrogen-bond acceptors (Lipinski definition) is 5. The van der Waals surface area contributed by atoms with Gasteiger partial charge >= 0.3 is 0 Å². The minimum Gasteiger partial charge on any atom is -0.329 e. The van der Waals surface area contributed by atoms with Gasteiger partial charge in [-0.05, 0) is 44.7 Å². The van der Waals surface area contributed by atoms with E-state index in [2.05, 4.69) is 9.44 Å². The Balaban J connectivity index is 0.00000400. The first-order valence-electron chi connectivity index (χ1n) is 5.90. The van der Waals surface area contributed by atoms with Gasteiger partial charge < -0.3 is 5.73 Å². The van der Waals surface area contributed by atoms with E-state index in [1.807, 2.05) is 0 Å². The van der Waals surface area contributed by atoms with Gasteiger partial charge in [0.1, 0.15) is 0 Å². The van der Waals surface area contributed by atoms with Gasteiger partial charge in [0.05, 0.1) is 9.79 Å². The highest BCUT2D eigenvalue weighted by atomic mass is 35.5. The minimum absolute atomic E-state index is 0. The number of aryl methyl sites for hydroxylation is 1. The largest absolute Gasteiger partial charge is 0.329 e. The quantitative estimate of drug-likeness (QED) is 0.659. The molecule has 21 heavy (non-hydrogen) atoms. The van der Waals surface area contributed by atoms with Crippen molar-refractivity contribution in [2.24, 2.45) is 5.73 Å². The van der Waals surface area contributed by atoms with Crippen LogP contribution in [0.3, 0.4) is 0 Å². The standard InChI is InChI=1S/C11H19N3O4S2.ClH/c1-8-6-10(19(15,16)14-9(2)7-12)4-5-11(8)20(17,18)13-3;/h4-6,9,13-14H,7,12H2,1-3H3;1H/t9-;/m0./s1. The summed E-state index contributed by atoms with van der Waals surface area (Å²) in [6, 6.07) is 3.43. The summed E-state index contributed by atoms with van der Waals surface area (Å²) in [7, 11) is -6.02. The SMILES string of the molecule is CNS(=O)(=O)c1ccc(S(=O)(=O)N[C@@H](C)CN)cc1C.Cl. The van der Waals surface area contributed by atoms with Gasteiger partial charge in [0, 0.05) is 12.6 Å². The Kier molecular flexibility index (Phi) is 7.27. The summed E-state index contributed by atoms with van der Waals surface area (Å²) in [4.78, 5) is 0.0520. The third-order valence-corrected chi connectivity index (χ3v) is 5.89. The molecule has 0 radical (unpaired) electrons. The number of hydrogen-bond donors (Lipinski definition) is 3. The Morgan fingerprint density at radius 3 is 2.19 bits per heavy atom. The van der Waals surface area contributed by atoms with E-state index >= 15 is 0 Å². The van der Waals surface area contributed by atoms with Crippen molar-refractivity contribution in [1.29, 1.82) is 0 Å². The highest BCUT2D eigenvalue weighted by molar-refractivity contribution is 7.90. The third kappa shape index (κ3) is 4.90. The number of sulfonamides is 2. The van der Waals surface area contributed by atoms with E-state index in [-0.39, 0.29) is 28.7 Å². The molecule has 0 aliphatic heterocycles. The molecule has 0 aliphatic carbocycles. The summed E-state index contributed by atoms with van der Waals surface area (Å²) in [6.07, 6.45) is 0. The molecular weight excluding hydrogens is 338 g/mol. The first kappa shape index (κ1) is 20.3. The molecule has 1 aromatic carbocycles. The van der Waals surface area contributed by atoms with Crippen molar-refractivity contribution in [3.63, 3.8) is 0 Å². The van der Waals surface area contributed by atoms with Gasteiger partial charge in [-0.2, -0.15) is 0 Å². The molecule has 10 heteroatoms. The highest BCUT2D eigenvalue weighted by Crippen LogP contribution is 2.19. The number of halogens is 1. The normalized spacial score (nSPS) is 13.5. The predicted octanol–water partition coefficient (Wildman–Crippen LogP) is -0.0496. The van der Waals surface area contributed by atoms with Crippen LogP contribution >= 0.6 is 12.4 Å². The van der Waals surface area contributed by atoms with E-state index in [1.165, 1.54) is 32.2 Å². The number of nitrogens with two attached hydrogens (primary N) is 1. The molecule has 7 nitrogen and oxygen atoms in total. The zero-order valence-corrected chi connectivity index (χ0v) is 14.4. The van der Waals surface area contributed by atoms with Crippen LogP contribution in [0.2, 0.25) is 0 Å². The molecule has 0 aliphatic rings. The number of nitrogens with one attached hydrogen (secondary N) is 2. The molecule has 0 bridgehead atoms. The summed E-state index contributed by atoms with van der Waals surface area (Å²) in [5.41, 5.74) is 5.72. The van der Waals surface area contributed by atoms with E-state index in [0.717, 1.165) is 0 Å². The van der Waals surface area contributed by atoms with Crippen LogP contribution in [0.1, 0.15) is 12.5 Å². The Morgan fingerprint density at radius 1 is 1.19 bits per heavy atom. The molecule has 1 rings (SSSR count). The monoisotopic (exact) mass is 357 g/mol. The first-order chi connectivity index (χ1) is 9.14. The van der Waals surface area contributed by atoms with Crippen LogP contribution in [0.5, 0.6) is 0 Å². The summed E-state index contributed by atoms with van der Waals surface area (Å²) < 4.78 is 52.1. The molecule has 1 atom stereocenters. The smallest absolute Gasteiger partial charge is 0.240 e. The Hall–Kier alpha value is -0.710. The molecule has 4 N–H and O–H groups in total. The van der Waals surface area contributed by atoms with Crippen LogP contribution < -0.4 is 15.2 Å². The lowest BCUT2D eigenvalue weighted by atomic mass is 10.2. The van der Waals surface area contributed by atoms with Crippen molar-refractivity contribution in [3.8, 4) is 0 Å². The number of rotatable bonds is 6. The molecule has 1 aromatic rings. The van der Waals surface area contributed by atoms with Crippen molar-refractivity contribution >= 4 is 32.5 Å². The van der Waals surface area contributed by atoms with Crippen molar-refractivity contribution in [2.75, 3.05) is 13.6 Å². The summed E-state index contributed by atoms with van der Waals surface area (Å²) >= 11 is 0. The van der Waals surface area contributed by atoms with Crippen LogP contribution in [0.25, 0.3) is 0 Å². The summed E-state index contributed by atoms with van der Waals surface area (Å²) in [5, 5.41) is 0. The lowest BCUT2D eigenvalue weighted by molar-refractivity contribution is 0.562. The molecule has 0 unspecified atom stereocenters. The second kappa shape index (κ2) is 7.52. The molecule has 122 valence electrons. The molecule has 0 heterocycles. The van der Waals surface area contributed by atoms with Gasteiger partial charge in [-0.3, -0.25) is 0 Å². The van der Waals surface area contributed by atoms with Gasteiger partial charge in [-0.15, -0.1) is 12.4 Å². The first-order valence-corrected chi connectivity index (χ1v) is 8.87. The fraction of sp³-hybridized carbons (Fsp3) is 0.455. The van der Waals surface area contributed by atoms with Crippen LogP contribution in [-0.2, 0) is 20.0 Å². The zero-order valence-electron chi connectivity index (χ0n) is 12.0. The van der Waals surface area contributed by atoms with Gasteiger partial charge in [0.25, 0.3) is 0 Å². The van der Waals surface area contributed by atoms with E-state index in [1.54, 1.807) is 6.92 Å². The van der Waals surface area contributed by atoms with Crippen LogP contribution in [0.15, 0.2) is 28.0 Å². The van der Waals surface area contributed by atoms with Crippen LogP contribution in [0.4, 0.5) is 0 Å². The summed E-state index contributed by atoms with van der Waals surface area (Å²) in [6.45, 7) is 3.35. The Bertz CT molecular complexity index is 689. The van der Waals surface area contributed by atoms with E-state index in [0.29, 0.717) is 5.56 Å². The lowest BCUT2D eigenvalue weighted by Crippen LogP contribution is -2.37. The molecule has 0 saturated heterocycles. The second-order valence-corrected chi connectivity index (χ2v) is 7.96. The van der Waals surface area contributed by atoms with Crippen molar-refractivity contribution in [3.05, 3.63) is 23.8 Å². The van der Waals surface area contributed by atoms with Crippen molar-refractivity contribution in [1.82, 2.24) is 9.44 Å². The molecular formula is C11H20ClN3O4S2. The second-order valence-electron chi connectivity index (χ2n) is 4.39. The van der Waals surface area contributed by atoms with Gasteiger partial charge in [0.2, 0.25) is 20.0 Å². The molecule has 0 fully saturated rings. The van der Waals surface area contributed by atoms with Crippen LogP contribution in [-0.4, -0.2) is 36.5 Å². The van der Waals surface area contributed by atoms with E-state index < -0.39 is 26.1 Å². The minimum atomic E-state index is -3.71. The van der Waals surface area contributed by atoms with E-state index in [4.69, 9.17) is 5.73 Å². The third-order valence-electron chi connectivity index (χ3n) is 2.72. The van der Waals surface area contributed by atoms with Crippen molar-refractivity contribution in [2.45, 2.75) is 29.7 Å². The molecule has 0 aromatic heterocycles. The average molecular weight is 358 g/mol. The van der Waals surface area contributed by atoms with Gasteiger partial charge in [-0.25, -0.2) is 26.3 Å². The fourth-order valence-corrected chi connectivity index (χ4v) is 3.87. The molecule has 0 amide bonds. The molecule has 0 saturated carbocycles. The maximum absolute atomic E-state index is 12.1. The van der Waals surface area contributed by atoms with Gasteiger partial charge in [0.15, 0.2) is 0 Å². The highest BCUT2D eigenvalue weighted by Gasteiger charge is 2.20. The average Bonchev–Trinajstić information content (AvgIpc) is 2.37. The number of benzene rings is 1. The topological polar surface area (TPSA) is 118 Å². The van der Waals surface area contributed by atoms with Gasteiger partial charge in [-0.1, -0.05) is 0 Å². The molecule has 0 spiro atoms. The van der Waals surface area contributed by atoms with Crippen LogP contribution in [0, 0.1) is 6.92 Å². The fourth-order valence-electron chi connectivity index (χ4n) is 1.58. The lowest BCUT2D eigenvalue weighted by Gasteiger charge is -2.13. The summed E-state index contributed by atoms with van der Waals surface area (Å²) in [5.74, 6) is 0. The maximum atomic E-state index is 12.1. The Morgan fingerprint density at radius 2 is 1.76 bits per heavy atom.